The molecule has 2 aliphatic carbocycles. The van der Waals surface area contributed by atoms with Crippen molar-refractivity contribution in [1.29, 1.82) is 0 Å². The molecule has 0 aromatic rings. The van der Waals surface area contributed by atoms with Crippen LogP contribution in [-0.4, -0.2) is 5.60 Å². The van der Waals surface area contributed by atoms with Crippen LogP contribution in [0.1, 0.15) is 58.3 Å². The first kappa shape index (κ1) is 10.9. The van der Waals surface area contributed by atoms with Gasteiger partial charge >= 0.3 is 0 Å². The van der Waals surface area contributed by atoms with Crippen LogP contribution in [0.3, 0.4) is 0 Å². The van der Waals surface area contributed by atoms with Gasteiger partial charge in [0.2, 0.25) is 0 Å². The summed E-state index contributed by atoms with van der Waals surface area (Å²) in [5.74, 6) is 1.64. The molecule has 14 heavy (non-hydrogen) atoms. The second-order valence-electron chi connectivity index (χ2n) is 5.26. The molecule has 2 heteroatoms. The fraction of sp³-hybridized carbons (Fsp3) is 1.00. The summed E-state index contributed by atoms with van der Waals surface area (Å²) in [6.07, 6.45) is 11.2. The quantitative estimate of drug-likeness (QED) is 0.647. The lowest BCUT2D eigenvalue weighted by Crippen LogP contribution is -2.40. The minimum absolute atomic E-state index is 0.164. The van der Waals surface area contributed by atoms with E-state index in [0.29, 0.717) is 0 Å². The minimum atomic E-state index is 0.164. The van der Waals surface area contributed by atoms with Gasteiger partial charge in [0.05, 0.1) is 5.60 Å². The Morgan fingerprint density at radius 3 is 1.57 bits per heavy atom. The zero-order valence-electron chi connectivity index (χ0n) is 9.30. The van der Waals surface area contributed by atoms with Crippen molar-refractivity contribution in [3.63, 3.8) is 0 Å². The largest absolute Gasteiger partial charge is 0.359 e. The average molecular weight is 214 g/mol. The van der Waals surface area contributed by atoms with Gasteiger partial charge in [-0.15, -0.1) is 0 Å². The van der Waals surface area contributed by atoms with Crippen molar-refractivity contribution in [2.45, 2.75) is 63.9 Å². The van der Waals surface area contributed by atoms with E-state index in [9.17, 15) is 0 Å². The van der Waals surface area contributed by atoms with E-state index in [1.165, 1.54) is 51.4 Å². The Morgan fingerprint density at radius 1 is 0.929 bits per heavy atom. The number of rotatable bonds is 3. The summed E-state index contributed by atoms with van der Waals surface area (Å²) < 4.78 is 5.82. The molecule has 2 fully saturated rings. The topological polar surface area (TPSA) is 9.23 Å². The van der Waals surface area contributed by atoms with Crippen LogP contribution in [0.4, 0.5) is 0 Å². The summed E-state index contributed by atoms with van der Waals surface area (Å²) in [4.78, 5) is 0. The van der Waals surface area contributed by atoms with Crippen molar-refractivity contribution in [2.75, 3.05) is 0 Å². The average Bonchev–Trinajstić information content (AvgIpc) is 2.88. The molecule has 2 rings (SSSR count). The molecular formula is C12H23OP. The molecule has 0 amide bonds. The highest BCUT2D eigenvalue weighted by atomic mass is 31.0. The Balaban J connectivity index is 2.06. The highest BCUT2D eigenvalue weighted by molar-refractivity contribution is 7.09. The van der Waals surface area contributed by atoms with Crippen molar-refractivity contribution >= 4 is 9.47 Å². The molecule has 2 saturated carbocycles. The SMILES string of the molecule is CC(OP)(C1CCCC1)C1CCCC1. The lowest BCUT2D eigenvalue weighted by Gasteiger charge is -2.39. The van der Waals surface area contributed by atoms with Gasteiger partial charge in [-0.05, 0) is 44.4 Å². The van der Waals surface area contributed by atoms with E-state index in [0.717, 1.165) is 11.8 Å². The second kappa shape index (κ2) is 4.49. The van der Waals surface area contributed by atoms with Gasteiger partial charge in [0.1, 0.15) is 0 Å². The molecule has 0 bridgehead atoms. The lowest BCUT2D eigenvalue weighted by molar-refractivity contribution is -0.00952. The normalized spacial score (nSPS) is 26.1. The molecule has 82 valence electrons. The first-order valence-electron chi connectivity index (χ1n) is 6.15. The van der Waals surface area contributed by atoms with Gasteiger partial charge in [0.15, 0.2) is 0 Å². The highest BCUT2D eigenvalue weighted by Gasteiger charge is 2.43. The predicted octanol–water partition coefficient (Wildman–Crippen LogP) is 3.93. The van der Waals surface area contributed by atoms with Gasteiger partial charge in [0, 0.05) is 9.47 Å². The number of hydrogen-bond acceptors (Lipinski definition) is 1. The van der Waals surface area contributed by atoms with E-state index in [-0.39, 0.29) is 5.60 Å². The van der Waals surface area contributed by atoms with Crippen molar-refractivity contribution in [3.8, 4) is 0 Å². The van der Waals surface area contributed by atoms with Gasteiger partial charge < -0.3 is 4.52 Å². The van der Waals surface area contributed by atoms with Crippen LogP contribution < -0.4 is 0 Å². The molecule has 1 nitrogen and oxygen atoms in total. The molecule has 0 spiro atoms. The van der Waals surface area contributed by atoms with E-state index < -0.39 is 0 Å². The van der Waals surface area contributed by atoms with E-state index in [1.54, 1.807) is 0 Å². The molecule has 0 radical (unpaired) electrons. The molecule has 2 aliphatic rings. The van der Waals surface area contributed by atoms with Crippen LogP contribution in [-0.2, 0) is 4.52 Å². The zero-order valence-corrected chi connectivity index (χ0v) is 10.5. The molecule has 0 heterocycles. The van der Waals surface area contributed by atoms with Crippen LogP contribution >= 0.6 is 9.47 Å². The Kier molecular flexibility index (Phi) is 3.50. The van der Waals surface area contributed by atoms with Crippen molar-refractivity contribution < 1.29 is 4.52 Å². The molecule has 0 N–H and O–H groups in total. The van der Waals surface area contributed by atoms with Gasteiger partial charge in [-0.1, -0.05) is 25.7 Å². The molecule has 0 aromatic heterocycles. The minimum Gasteiger partial charge on any atom is -0.359 e. The maximum Gasteiger partial charge on any atom is 0.0746 e. The van der Waals surface area contributed by atoms with Crippen LogP contribution in [0.5, 0.6) is 0 Å². The predicted molar refractivity (Wildman–Crippen MR) is 63.1 cm³/mol. The maximum atomic E-state index is 5.82. The third-order valence-electron chi connectivity index (χ3n) is 4.59. The monoisotopic (exact) mass is 214 g/mol. The Labute approximate surface area is 90.3 Å². The summed E-state index contributed by atoms with van der Waals surface area (Å²) in [7, 11) is 2.53. The van der Waals surface area contributed by atoms with Crippen molar-refractivity contribution in [3.05, 3.63) is 0 Å². The summed E-state index contributed by atoms with van der Waals surface area (Å²) >= 11 is 0. The molecule has 0 aliphatic heterocycles. The van der Waals surface area contributed by atoms with E-state index in [4.69, 9.17) is 4.52 Å². The van der Waals surface area contributed by atoms with Crippen LogP contribution in [0.15, 0.2) is 0 Å². The van der Waals surface area contributed by atoms with E-state index in [2.05, 4.69) is 16.4 Å². The highest BCUT2D eigenvalue weighted by Crippen LogP contribution is 2.47. The van der Waals surface area contributed by atoms with Gasteiger partial charge in [-0.25, -0.2) is 0 Å². The second-order valence-corrected chi connectivity index (χ2v) is 5.50. The third-order valence-corrected chi connectivity index (χ3v) is 5.09. The summed E-state index contributed by atoms with van der Waals surface area (Å²) in [6, 6.07) is 0. The Morgan fingerprint density at radius 2 is 1.29 bits per heavy atom. The summed E-state index contributed by atoms with van der Waals surface area (Å²) in [5.41, 5.74) is 0.164. The van der Waals surface area contributed by atoms with E-state index in [1.807, 2.05) is 0 Å². The zero-order chi connectivity index (χ0) is 10.0. The van der Waals surface area contributed by atoms with Crippen LogP contribution in [0.25, 0.3) is 0 Å². The Bertz CT molecular complexity index is 165. The van der Waals surface area contributed by atoms with Crippen molar-refractivity contribution in [1.82, 2.24) is 0 Å². The van der Waals surface area contributed by atoms with Crippen LogP contribution in [0.2, 0.25) is 0 Å². The lowest BCUT2D eigenvalue weighted by atomic mass is 9.76. The van der Waals surface area contributed by atoms with Crippen LogP contribution in [0, 0.1) is 11.8 Å². The molecule has 1 unspecified atom stereocenters. The van der Waals surface area contributed by atoms with Crippen molar-refractivity contribution in [2.24, 2.45) is 11.8 Å². The summed E-state index contributed by atoms with van der Waals surface area (Å²) in [5, 5.41) is 0. The first-order valence-corrected chi connectivity index (χ1v) is 6.62. The molecule has 0 aromatic carbocycles. The molecule has 1 atom stereocenters. The fourth-order valence-electron chi connectivity index (χ4n) is 3.52. The molecular weight excluding hydrogens is 191 g/mol. The third kappa shape index (κ3) is 1.86. The van der Waals surface area contributed by atoms with Gasteiger partial charge in [-0.2, -0.15) is 0 Å². The smallest absolute Gasteiger partial charge is 0.0746 e. The standard InChI is InChI=1S/C12H23OP/c1-12(13-14,10-6-2-3-7-10)11-8-4-5-9-11/h10-11H,2-9,14H2,1H3. The Hall–Kier alpha value is 0.390. The fourth-order valence-corrected chi connectivity index (χ4v) is 3.91. The van der Waals surface area contributed by atoms with Gasteiger partial charge in [-0.3, -0.25) is 0 Å². The number of hydrogen-bond donors (Lipinski definition) is 0. The maximum absolute atomic E-state index is 5.82. The first-order chi connectivity index (χ1) is 6.77. The summed E-state index contributed by atoms with van der Waals surface area (Å²) in [6.45, 7) is 2.35. The molecule has 0 saturated heterocycles. The van der Waals surface area contributed by atoms with E-state index >= 15 is 0 Å². The van der Waals surface area contributed by atoms with Gasteiger partial charge in [0.25, 0.3) is 0 Å².